The number of hydrogen-bond acceptors (Lipinski definition) is 2. The van der Waals surface area contributed by atoms with Crippen LogP contribution in [0.1, 0.15) is 24.0 Å². The van der Waals surface area contributed by atoms with Crippen molar-refractivity contribution in [2.75, 3.05) is 33.4 Å². The van der Waals surface area contributed by atoms with Gasteiger partial charge in [0.1, 0.15) is 11.6 Å². The lowest BCUT2D eigenvalue weighted by Gasteiger charge is -2.38. The Morgan fingerprint density at radius 3 is 2.46 bits per heavy atom. The van der Waals surface area contributed by atoms with Gasteiger partial charge in [-0.25, -0.2) is 8.78 Å². The molecule has 150 valence electrons. The predicted octanol–water partition coefficient (Wildman–Crippen LogP) is 3.42. The summed E-state index contributed by atoms with van der Waals surface area (Å²) in [6.45, 7) is 2.70. The first-order valence-electron chi connectivity index (χ1n) is 9.64. The third-order valence-corrected chi connectivity index (χ3v) is 5.32. The van der Waals surface area contributed by atoms with Crippen LogP contribution in [-0.2, 0) is 16.6 Å². The van der Waals surface area contributed by atoms with Crippen molar-refractivity contribution in [3.8, 4) is 0 Å². The zero-order valence-corrected chi connectivity index (χ0v) is 16.2. The average Bonchev–Trinajstić information content (AvgIpc) is 2.72. The van der Waals surface area contributed by atoms with Crippen molar-refractivity contribution in [1.82, 2.24) is 10.6 Å². The Hall–Kier alpha value is -2.47. The molecule has 2 aromatic carbocycles. The molecule has 1 aliphatic rings. The zero-order valence-electron chi connectivity index (χ0n) is 16.2. The van der Waals surface area contributed by atoms with Gasteiger partial charge in [0.25, 0.3) is 0 Å². The van der Waals surface area contributed by atoms with Crippen molar-refractivity contribution in [1.29, 1.82) is 0 Å². The Labute approximate surface area is 165 Å². The van der Waals surface area contributed by atoms with Crippen LogP contribution in [0.5, 0.6) is 0 Å². The van der Waals surface area contributed by atoms with E-state index in [9.17, 15) is 8.78 Å². The Kier molecular flexibility index (Phi) is 6.98. The molecule has 0 bridgehead atoms. The first-order valence-corrected chi connectivity index (χ1v) is 9.64. The number of nitrogens with zero attached hydrogens (tertiary/aromatic N) is 1. The normalized spacial score (nSPS) is 16.6. The van der Waals surface area contributed by atoms with E-state index in [1.165, 1.54) is 18.2 Å². The van der Waals surface area contributed by atoms with Gasteiger partial charge in [-0.3, -0.25) is 4.99 Å². The van der Waals surface area contributed by atoms with Crippen molar-refractivity contribution in [2.24, 2.45) is 4.99 Å². The number of hydrogen-bond donors (Lipinski definition) is 2. The number of ether oxygens (including phenoxy) is 1. The second-order valence-electron chi connectivity index (χ2n) is 7.13. The molecule has 1 saturated heterocycles. The lowest BCUT2D eigenvalue weighted by atomic mass is 9.74. The number of rotatable bonds is 6. The topological polar surface area (TPSA) is 45.7 Å². The summed E-state index contributed by atoms with van der Waals surface area (Å²) in [6, 6.07) is 13.4. The summed E-state index contributed by atoms with van der Waals surface area (Å²) in [5.74, 6) is 0.249. The first-order chi connectivity index (χ1) is 13.6. The van der Waals surface area contributed by atoms with Crippen LogP contribution in [0.25, 0.3) is 0 Å². The second kappa shape index (κ2) is 9.64. The van der Waals surface area contributed by atoms with E-state index in [0.717, 1.165) is 24.0 Å². The van der Waals surface area contributed by atoms with Crippen LogP contribution in [0.2, 0.25) is 0 Å². The summed E-state index contributed by atoms with van der Waals surface area (Å²) in [7, 11) is 1.73. The number of halogens is 2. The Morgan fingerprint density at radius 1 is 1.04 bits per heavy atom. The number of benzene rings is 2. The minimum atomic E-state index is -0.228. The maximum atomic E-state index is 13.4. The van der Waals surface area contributed by atoms with Gasteiger partial charge < -0.3 is 15.4 Å². The molecule has 0 aromatic heterocycles. The lowest BCUT2D eigenvalue weighted by Crippen LogP contribution is -2.48. The van der Waals surface area contributed by atoms with Crippen molar-refractivity contribution >= 4 is 5.96 Å². The van der Waals surface area contributed by atoms with Crippen LogP contribution in [0, 0.1) is 11.6 Å². The number of guanidine groups is 1. The molecule has 1 fully saturated rings. The monoisotopic (exact) mass is 387 g/mol. The minimum Gasteiger partial charge on any atom is -0.381 e. The highest BCUT2D eigenvalue weighted by molar-refractivity contribution is 5.79. The molecule has 0 saturated carbocycles. The molecule has 0 radical (unpaired) electrons. The van der Waals surface area contributed by atoms with E-state index in [1.807, 2.05) is 18.2 Å². The SMILES string of the molecule is CN=C(NCCc1cccc(F)c1)NCC1(c2ccc(F)cc2)CCOCC1. The van der Waals surface area contributed by atoms with Crippen LogP contribution in [0.4, 0.5) is 8.78 Å². The standard InChI is InChI=1S/C22H27F2N3O/c1-25-21(26-12-9-17-3-2-4-20(24)15-17)27-16-22(10-13-28-14-11-22)18-5-7-19(23)8-6-18/h2-8,15H,9-14,16H2,1H3,(H2,25,26,27). The van der Waals surface area contributed by atoms with E-state index in [0.29, 0.717) is 38.7 Å². The Balaban J connectivity index is 1.59. The van der Waals surface area contributed by atoms with E-state index >= 15 is 0 Å². The molecule has 28 heavy (non-hydrogen) atoms. The van der Waals surface area contributed by atoms with Gasteiger partial charge in [0.2, 0.25) is 0 Å². The largest absolute Gasteiger partial charge is 0.381 e. The first kappa shape index (κ1) is 20.3. The van der Waals surface area contributed by atoms with Gasteiger partial charge in [0.05, 0.1) is 0 Å². The quantitative estimate of drug-likeness (QED) is 0.590. The van der Waals surface area contributed by atoms with Crippen molar-refractivity contribution in [3.63, 3.8) is 0 Å². The molecule has 0 spiro atoms. The predicted molar refractivity (Wildman–Crippen MR) is 108 cm³/mol. The molecule has 0 atom stereocenters. The zero-order chi connectivity index (χ0) is 19.8. The van der Waals surface area contributed by atoms with E-state index in [1.54, 1.807) is 19.2 Å². The van der Waals surface area contributed by atoms with Gasteiger partial charge in [0.15, 0.2) is 5.96 Å². The highest BCUT2D eigenvalue weighted by atomic mass is 19.1. The molecule has 2 N–H and O–H groups in total. The van der Waals surface area contributed by atoms with Gasteiger partial charge in [-0.2, -0.15) is 0 Å². The van der Waals surface area contributed by atoms with E-state index in [-0.39, 0.29) is 17.0 Å². The van der Waals surface area contributed by atoms with Gasteiger partial charge in [-0.05, 0) is 54.7 Å². The highest BCUT2D eigenvalue weighted by Crippen LogP contribution is 2.34. The minimum absolute atomic E-state index is 0.119. The third-order valence-electron chi connectivity index (χ3n) is 5.32. The molecular weight excluding hydrogens is 360 g/mol. The maximum Gasteiger partial charge on any atom is 0.191 e. The van der Waals surface area contributed by atoms with E-state index in [4.69, 9.17) is 4.74 Å². The molecule has 3 rings (SSSR count). The third kappa shape index (κ3) is 5.29. The van der Waals surface area contributed by atoms with E-state index in [2.05, 4.69) is 15.6 Å². The fourth-order valence-electron chi connectivity index (χ4n) is 3.62. The molecule has 4 nitrogen and oxygen atoms in total. The van der Waals surface area contributed by atoms with Gasteiger partial charge in [0, 0.05) is 38.8 Å². The summed E-state index contributed by atoms with van der Waals surface area (Å²) in [4.78, 5) is 4.29. The lowest BCUT2D eigenvalue weighted by molar-refractivity contribution is 0.0513. The van der Waals surface area contributed by atoms with Crippen LogP contribution in [0.3, 0.4) is 0 Å². The maximum absolute atomic E-state index is 13.4. The summed E-state index contributed by atoms with van der Waals surface area (Å²) < 4.78 is 32.2. The van der Waals surface area contributed by atoms with Gasteiger partial charge in [-0.15, -0.1) is 0 Å². The smallest absolute Gasteiger partial charge is 0.191 e. The molecule has 0 unspecified atom stereocenters. The van der Waals surface area contributed by atoms with Crippen molar-refractivity contribution < 1.29 is 13.5 Å². The molecule has 0 aliphatic carbocycles. The number of nitrogens with one attached hydrogen (secondary N) is 2. The molecular formula is C22H27F2N3O. The van der Waals surface area contributed by atoms with Gasteiger partial charge in [-0.1, -0.05) is 24.3 Å². The van der Waals surface area contributed by atoms with Crippen LogP contribution in [0.15, 0.2) is 53.5 Å². The highest BCUT2D eigenvalue weighted by Gasteiger charge is 2.34. The molecule has 2 aromatic rings. The van der Waals surface area contributed by atoms with Crippen LogP contribution in [-0.4, -0.2) is 39.3 Å². The summed E-state index contributed by atoms with van der Waals surface area (Å²) in [5.41, 5.74) is 1.93. The van der Waals surface area contributed by atoms with Crippen molar-refractivity contribution in [2.45, 2.75) is 24.7 Å². The molecule has 0 amide bonds. The average molecular weight is 387 g/mol. The van der Waals surface area contributed by atoms with E-state index < -0.39 is 0 Å². The van der Waals surface area contributed by atoms with Crippen LogP contribution < -0.4 is 10.6 Å². The fraction of sp³-hybridized carbons (Fsp3) is 0.409. The summed E-state index contributed by atoms with van der Waals surface area (Å²) in [6.07, 6.45) is 2.44. The Bertz CT molecular complexity index is 787. The van der Waals surface area contributed by atoms with Gasteiger partial charge >= 0.3 is 0 Å². The molecule has 1 aliphatic heterocycles. The molecule has 6 heteroatoms. The van der Waals surface area contributed by atoms with Crippen LogP contribution >= 0.6 is 0 Å². The fourth-order valence-corrected chi connectivity index (χ4v) is 3.62. The summed E-state index contributed by atoms with van der Waals surface area (Å²) in [5, 5.41) is 6.69. The molecule has 1 heterocycles. The Morgan fingerprint density at radius 2 is 1.79 bits per heavy atom. The number of aliphatic imine (C=N–C) groups is 1. The summed E-state index contributed by atoms with van der Waals surface area (Å²) >= 11 is 0. The van der Waals surface area contributed by atoms with Crippen molar-refractivity contribution in [3.05, 3.63) is 71.3 Å². The second-order valence-corrected chi connectivity index (χ2v) is 7.13.